The van der Waals surface area contributed by atoms with Crippen molar-refractivity contribution in [1.82, 2.24) is 0 Å². The Morgan fingerprint density at radius 3 is 2.38 bits per heavy atom. The summed E-state index contributed by atoms with van der Waals surface area (Å²) in [5, 5.41) is 19.1. The molecule has 1 rings (SSSR count). The normalized spacial score (nSPS) is 13.2. The van der Waals surface area contributed by atoms with Crippen LogP contribution in [0.2, 0.25) is 0 Å². The molecule has 1 aromatic rings. The van der Waals surface area contributed by atoms with Gasteiger partial charge in [0.1, 0.15) is 0 Å². The molecule has 0 saturated carbocycles. The van der Waals surface area contributed by atoms with E-state index in [0.717, 1.165) is 18.4 Å². The minimum absolute atomic E-state index is 0.241. The van der Waals surface area contributed by atoms with E-state index in [0.29, 0.717) is 5.56 Å². The molecule has 1 aromatic carbocycles. The number of benzene rings is 1. The summed E-state index contributed by atoms with van der Waals surface area (Å²) in [6.07, 6.45) is 10.5. The van der Waals surface area contributed by atoms with Crippen LogP contribution in [0.5, 0.6) is 0 Å². The average Bonchev–Trinajstić information content (AvgIpc) is 2.62. The van der Waals surface area contributed by atoms with E-state index in [1.807, 2.05) is 24.3 Å². The van der Waals surface area contributed by atoms with Crippen molar-refractivity contribution >= 4 is 0 Å². The summed E-state index contributed by atoms with van der Waals surface area (Å²) >= 11 is 0. The van der Waals surface area contributed by atoms with E-state index in [4.69, 9.17) is 10.8 Å². The van der Waals surface area contributed by atoms with Crippen LogP contribution in [0.3, 0.4) is 0 Å². The van der Waals surface area contributed by atoms with E-state index in [1.165, 1.54) is 44.9 Å². The Hall–Kier alpha value is -1.34. The number of aliphatic hydroxyl groups excluding tert-OH is 2. The third kappa shape index (κ3) is 8.49. The van der Waals surface area contributed by atoms with E-state index < -0.39 is 12.1 Å². The molecular formula is C21H33NO2. The molecule has 0 aliphatic rings. The van der Waals surface area contributed by atoms with Crippen LogP contribution in [0.25, 0.3) is 0 Å². The van der Waals surface area contributed by atoms with Crippen LogP contribution >= 0.6 is 0 Å². The van der Waals surface area contributed by atoms with Gasteiger partial charge < -0.3 is 15.9 Å². The van der Waals surface area contributed by atoms with Gasteiger partial charge in [-0.15, -0.1) is 0 Å². The van der Waals surface area contributed by atoms with Crippen LogP contribution in [0.4, 0.5) is 0 Å². The van der Waals surface area contributed by atoms with E-state index in [2.05, 4.69) is 18.8 Å². The molecule has 3 heteroatoms. The first-order chi connectivity index (χ1) is 11.7. The minimum atomic E-state index is -0.857. The average molecular weight is 332 g/mol. The zero-order valence-corrected chi connectivity index (χ0v) is 15.0. The zero-order valence-electron chi connectivity index (χ0n) is 15.0. The number of rotatable bonds is 11. The number of nitrogens with two attached hydrogens (primary N) is 1. The lowest BCUT2D eigenvalue weighted by Gasteiger charge is -2.16. The Bertz CT molecular complexity index is 504. The van der Waals surface area contributed by atoms with Crippen molar-refractivity contribution < 1.29 is 10.2 Å². The van der Waals surface area contributed by atoms with Crippen LogP contribution < -0.4 is 5.73 Å². The fourth-order valence-corrected chi connectivity index (χ4v) is 2.66. The number of hydrogen-bond acceptors (Lipinski definition) is 3. The highest BCUT2D eigenvalue weighted by molar-refractivity contribution is 5.38. The summed E-state index contributed by atoms with van der Waals surface area (Å²) < 4.78 is 0. The zero-order chi connectivity index (χ0) is 17.6. The van der Waals surface area contributed by atoms with Crippen LogP contribution in [0.1, 0.15) is 81.9 Å². The molecule has 0 bridgehead atoms. The summed E-state index contributed by atoms with van der Waals surface area (Å²) in [7, 11) is 0. The van der Waals surface area contributed by atoms with Crippen molar-refractivity contribution in [2.75, 3.05) is 6.61 Å². The van der Waals surface area contributed by atoms with Gasteiger partial charge in [-0.1, -0.05) is 75.8 Å². The predicted octanol–water partition coefficient (Wildman–Crippen LogP) is 3.92. The molecule has 3 nitrogen and oxygen atoms in total. The van der Waals surface area contributed by atoms with Gasteiger partial charge in [0.05, 0.1) is 18.8 Å². The molecule has 0 spiro atoms. The molecule has 0 saturated heterocycles. The standard InChI is InChI=1S/C21H33NO2/c1-2-3-4-5-6-7-8-9-10-11-13-18-14-12-15-19(16-18)21(24)20(22)17-23/h12,14-16,20-21,23-24H,2-10,17,22H2,1H3/t20-,21?/m1/s1. The maximum Gasteiger partial charge on any atom is 0.0963 e. The summed E-state index contributed by atoms with van der Waals surface area (Å²) in [5.41, 5.74) is 7.26. The van der Waals surface area contributed by atoms with Crippen molar-refractivity contribution in [2.45, 2.75) is 76.9 Å². The molecule has 2 atom stereocenters. The summed E-state index contributed by atoms with van der Waals surface area (Å²) in [4.78, 5) is 0. The smallest absolute Gasteiger partial charge is 0.0963 e. The Labute approximate surface area is 147 Å². The number of hydrogen-bond donors (Lipinski definition) is 3. The van der Waals surface area contributed by atoms with Crippen molar-refractivity contribution in [3.05, 3.63) is 35.4 Å². The van der Waals surface area contributed by atoms with E-state index in [9.17, 15) is 5.11 Å². The molecule has 0 aliphatic heterocycles. The van der Waals surface area contributed by atoms with Gasteiger partial charge >= 0.3 is 0 Å². The highest BCUT2D eigenvalue weighted by atomic mass is 16.3. The Morgan fingerprint density at radius 2 is 1.71 bits per heavy atom. The molecule has 0 amide bonds. The molecule has 0 radical (unpaired) electrons. The molecule has 0 fully saturated rings. The lowest BCUT2D eigenvalue weighted by atomic mass is 10.0. The lowest BCUT2D eigenvalue weighted by molar-refractivity contribution is 0.109. The maximum atomic E-state index is 10.0. The molecule has 0 aromatic heterocycles. The van der Waals surface area contributed by atoms with Crippen molar-refractivity contribution in [3.63, 3.8) is 0 Å². The quantitative estimate of drug-likeness (QED) is 0.425. The largest absolute Gasteiger partial charge is 0.395 e. The SMILES string of the molecule is CCCCCCCCCCC#Cc1cccc(C(O)[C@H](N)CO)c1. The van der Waals surface area contributed by atoms with Gasteiger partial charge in [0.25, 0.3) is 0 Å². The molecule has 4 N–H and O–H groups in total. The van der Waals surface area contributed by atoms with Gasteiger partial charge in [-0.25, -0.2) is 0 Å². The van der Waals surface area contributed by atoms with Crippen molar-refractivity contribution in [1.29, 1.82) is 0 Å². The molecule has 0 heterocycles. The fourth-order valence-electron chi connectivity index (χ4n) is 2.66. The summed E-state index contributed by atoms with van der Waals surface area (Å²) in [6.45, 7) is 2.01. The second kappa shape index (κ2) is 13.0. The first-order valence-electron chi connectivity index (χ1n) is 9.32. The van der Waals surface area contributed by atoms with Gasteiger partial charge in [-0.3, -0.25) is 0 Å². The van der Waals surface area contributed by atoms with E-state index >= 15 is 0 Å². The van der Waals surface area contributed by atoms with E-state index in [1.54, 1.807) is 0 Å². The molecule has 0 aliphatic carbocycles. The molecule has 24 heavy (non-hydrogen) atoms. The first-order valence-corrected chi connectivity index (χ1v) is 9.32. The lowest BCUT2D eigenvalue weighted by Crippen LogP contribution is -2.31. The van der Waals surface area contributed by atoms with Crippen LogP contribution in [-0.4, -0.2) is 22.9 Å². The van der Waals surface area contributed by atoms with Gasteiger partial charge in [0, 0.05) is 12.0 Å². The van der Waals surface area contributed by atoms with Gasteiger partial charge in [0.2, 0.25) is 0 Å². The van der Waals surface area contributed by atoms with Crippen LogP contribution in [0.15, 0.2) is 24.3 Å². The fraction of sp³-hybridized carbons (Fsp3) is 0.619. The second-order valence-electron chi connectivity index (χ2n) is 6.44. The maximum absolute atomic E-state index is 10.0. The van der Waals surface area contributed by atoms with Crippen LogP contribution in [0, 0.1) is 11.8 Å². The minimum Gasteiger partial charge on any atom is -0.395 e. The van der Waals surface area contributed by atoms with Gasteiger partial charge in [-0.2, -0.15) is 0 Å². The number of aliphatic hydroxyl groups is 2. The first kappa shape index (κ1) is 20.7. The van der Waals surface area contributed by atoms with Crippen molar-refractivity contribution in [2.24, 2.45) is 5.73 Å². The summed E-state index contributed by atoms with van der Waals surface area (Å²) in [6, 6.07) is 6.79. The van der Waals surface area contributed by atoms with Gasteiger partial charge in [0.15, 0.2) is 0 Å². The third-order valence-electron chi connectivity index (χ3n) is 4.23. The Balaban J connectivity index is 2.29. The Kier molecular flexibility index (Phi) is 11.2. The molecular weight excluding hydrogens is 298 g/mol. The number of unbranched alkanes of at least 4 members (excludes halogenated alkanes) is 8. The highest BCUT2D eigenvalue weighted by Crippen LogP contribution is 2.16. The van der Waals surface area contributed by atoms with Gasteiger partial charge in [-0.05, 0) is 24.1 Å². The highest BCUT2D eigenvalue weighted by Gasteiger charge is 2.15. The summed E-state index contributed by atoms with van der Waals surface area (Å²) in [5.74, 6) is 6.36. The monoisotopic (exact) mass is 331 g/mol. The van der Waals surface area contributed by atoms with E-state index in [-0.39, 0.29) is 6.61 Å². The second-order valence-corrected chi connectivity index (χ2v) is 6.44. The Morgan fingerprint density at radius 1 is 1.04 bits per heavy atom. The molecule has 134 valence electrons. The topological polar surface area (TPSA) is 66.5 Å². The predicted molar refractivity (Wildman–Crippen MR) is 101 cm³/mol. The third-order valence-corrected chi connectivity index (χ3v) is 4.23. The molecule has 1 unspecified atom stereocenters. The van der Waals surface area contributed by atoms with Crippen molar-refractivity contribution in [3.8, 4) is 11.8 Å². The van der Waals surface area contributed by atoms with Crippen LogP contribution in [-0.2, 0) is 0 Å².